The average molecular weight is 410 g/mol. The maximum Gasteiger partial charge on any atom is 0.255 e. The molecule has 1 fully saturated rings. The van der Waals surface area contributed by atoms with E-state index in [1.165, 1.54) is 12.1 Å². The largest absolute Gasteiger partial charge is 0.454 e. The molecule has 0 spiro atoms. The Bertz CT molecular complexity index is 1160. The number of piperidine rings is 1. The topological polar surface area (TPSA) is 63.9 Å². The lowest BCUT2D eigenvalue weighted by molar-refractivity contribution is 0.0666. The fraction of sp³-hybridized carbons (Fsp3) is 0.348. The molecule has 0 amide bonds. The number of pyridine rings is 1. The second kappa shape index (κ2) is 7.74. The van der Waals surface area contributed by atoms with Crippen LogP contribution in [-0.4, -0.2) is 40.6 Å². The molecule has 2 aliphatic rings. The summed E-state index contributed by atoms with van der Waals surface area (Å²) in [5.74, 6) is 0.917. The minimum atomic E-state index is -0.359. The van der Waals surface area contributed by atoms with Gasteiger partial charge in [-0.25, -0.2) is 4.39 Å². The number of nitrogens with zero attached hydrogens (tertiary/aromatic N) is 2. The van der Waals surface area contributed by atoms with Gasteiger partial charge in [0, 0.05) is 30.1 Å². The number of aromatic nitrogens is 1. The van der Waals surface area contributed by atoms with Gasteiger partial charge in [0.25, 0.3) is 5.56 Å². The molecule has 7 heteroatoms. The Morgan fingerprint density at radius 2 is 1.93 bits per heavy atom. The summed E-state index contributed by atoms with van der Waals surface area (Å²) in [4.78, 5) is 15.5. The number of ether oxygens (including phenoxy) is 2. The first-order valence-corrected chi connectivity index (χ1v) is 10.2. The van der Waals surface area contributed by atoms with E-state index in [9.17, 15) is 14.3 Å². The van der Waals surface area contributed by atoms with Crippen LogP contribution in [0.15, 0.2) is 47.3 Å². The van der Waals surface area contributed by atoms with Gasteiger partial charge < -0.3 is 19.1 Å². The minimum absolute atomic E-state index is 0.120. The normalized spacial score (nSPS) is 18.8. The van der Waals surface area contributed by atoms with Gasteiger partial charge in [-0.2, -0.15) is 0 Å². The molecule has 1 saturated heterocycles. The van der Waals surface area contributed by atoms with Crippen LogP contribution in [0.5, 0.6) is 11.5 Å². The number of fused-ring (bicyclic) bond motifs is 2. The number of hydrogen-bond donors (Lipinski definition) is 1. The van der Waals surface area contributed by atoms with E-state index in [4.69, 9.17) is 9.47 Å². The lowest BCUT2D eigenvalue weighted by Crippen LogP contribution is -2.39. The van der Waals surface area contributed by atoms with Crippen LogP contribution in [0.2, 0.25) is 0 Å². The summed E-state index contributed by atoms with van der Waals surface area (Å²) in [6.45, 7) is 2.27. The summed E-state index contributed by atoms with van der Waals surface area (Å²) in [6, 6.07) is 11.9. The van der Waals surface area contributed by atoms with Gasteiger partial charge in [-0.1, -0.05) is 12.1 Å². The second-order valence-electron chi connectivity index (χ2n) is 7.99. The van der Waals surface area contributed by atoms with Crippen molar-refractivity contribution in [2.75, 3.05) is 19.9 Å². The van der Waals surface area contributed by atoms with Crippen molar-refractivity contribution >= 4 is 10.9 Å². The summed E-state index contributed by atoms with van der Waals surface area (Å²) in [5.41, 5.74) is 1.95. The third kappa shape index (κ3) is 3.66. The number of hydrogen-bond acceptors (Lipinski definition) is 5. The van der Waals surface area contributed by atoms with Gasteiger partial charge in [0.1, 0.15) is 5.82 Å². The van der Waals surface area contributed by atoms with Crippen molar-refractivity contribution in [3.05, 3.63) is 69.8 Å². The molecular formula is C23H23FN2O4. The van der Waals surface area contributed by atoms with E-state index >= 15 is 0 Å². The van der Waals surface area contributed by atoms with Crippen molar-refractivity contribution in [3.63, 3.8) is 0 Å². The van der Waals surface area contributed by atoms with E-state index in [1.54, 1.807) is 10.6 Å². The smallest absolute Gasteiger partial charge is 0.255 e. The molecule has 2 aliphatic heterocycles. The Labute approximate surface area is 173 Å². The Hall–Kier alpha value is -2.90. The molecule has 0 aliphatic carbocycles. The third-order valence-electron chi connectivity index (χ3n) is 5.77. The number of benzene rings is 2. The molecule has 2 aromatic carbocycles. The summed E-state index contributed by atoms with van der Waals surface area (Å²) < 4.78 is 26.4. The molecule has 0 bridgehead atoms. The van der Waals surface area contributed by atoms with Crippen LogP contribution in [0.4, 0.5) is 4.39 Å². The highest BCUT2D eigenvalue weighted by Gasteiger charge is 2.22. The van der Waals surface area contributed by atoms with Crippen molar-refractivity contribution < 1.29 is 19.0 Å². The van der Waals surface area contributed by atoms with E-state index in [-0.39, 0.29) is 30.8 Å². The van der Waals surface area contributed by atoms with Crippen LogP contribution in [-0.2, 0) is 13.1 Å². The van der Waals surface area contributed by atoms with E-state index in [1.807, 2.05) is 24.3 Å². The van der Waals surface area contributed by atoms with E-state index < -0.39 is 0 Å². The molecule has 3 aromatic rings. The highest BCUT2D eigenvalue weighted by atomic mass is 19.1. The SMILES string of the molecule is O=c1c(CN2CCCC(O)C2)cc2cc3c(cc2n1Cc1cccc(F)c1)OCO3. The zero-order valence-corrected chi connectivity index (χ0v) is 16.5. The van der Waals surface area contributed by atoms with Gasteiger partial charge in [-0.05, 0) is 49.2 Å². The monoisotopic (exact) mass is 410 g/mol. The van der Waals surface area contributed by atoms with Crippen molar-refractivity contribution in [3.8, 4) is 11.5 Å². The van der Waals surface area contributed by atoms with Gasteiger partial charge in [0.2, 0.25) is 6.79 Å². The van der Waals surface area contributed by atoms with E-state index in [2.05, 4.69) is 4.90 Å². The van der Waals surface area contributed by atoms with Gasteiger partial charge in [-0.3, -0.25) is 9.69 Å². The molecule has 0 saturated carbocycles. The number of rotatable bonds is 4. The van der Waals surface area contributed by atoms with Crippen LogP contribution < -0.4 is 15.0 Å². The molecule has 6 nitrogen and oxygen atoms in total. The van der Waals surface area contributed by atoms with Crippen molar-refractivity contribution in [1.29, 1.82) is 0 Å². The van der Waals surface area contributed by atoms with Crippen molar-refractivity contribution in [2.45, 2.75) is 32.0 Å². The predicted octanol–water partition coefficient (Wildman–Crippen LogP) is 2.87. The summed E-state index contributed by atoms with van der Waals surface area (Å²) in [5, 5.41) is 10.9. The Morgan fingerprint density at radius 1 is 1.10 bits per heavy atom. The fourth-order valence-electron chi connectivity index (χ4n) is 4.33. The molecular weight excluding hydrogens is 387 g/mol. The summed E-state index contributed by atoms with van der Waals surface area (Å²) in [6.07, 6.45) is 1.34. The molecule has 1 atom stereocenters. The highest BCUT2D eigenvalue weighted by molar-refractivity contribution is 5.84. The number of likely N-dealkylation sites (tertiary alicyclic amines) is 1. The maximum absolute atomic E-state index is 13.7. The molecule has 3 heterocycles. The predicted molar refractivity (Wildman–Crippen MR) is 110 cm³/mol. The summed E-state index contributed by atoms with van der Waals surface area (Å²) in [7, 11) is 0. The molecule has 1 aromatic heterocycles. The molecule has 156 valence electrons. The molecule has 0 radical (unpaired) electrons. The molecule has 5 rings (SSSR count). The average Bonchev–Trinajstić information content (AvgIpc) is 3.17. The van der Waals surface area contributed by atoms with E-state index in [0.29, 0.717) is 35.7 Å². The van der Waals surface area contributed by atoms with Crippen molar-refractivity contribution in [1.82, 2.24) is 9.47 Å². The third-order valence-corrected chi connectivity index (χ3v) is 5.77. The Morgan fingerprint density at radius 3 is 2.73 bits per heavy atom. The standard InChI is InChI=1S/C23H23FN2O4/c24-18-4-1-3-15(7-18)11-26-20-10-22-21(29-14-30-22)9-16(20)8-17(23(26)28)12-25-6-2-5-19(27)13-25/h1,3-4,7-10,19,27H,2,5-6,11-14H2. The molecule has 1 unspecified atom stereocenters. The first-order chi connectivity index (χ1) is 14.6. The zero-order chi connectivity index (χ0) is 20.7. The number of aliphatic hydroxyl groups excluding tert-OH is 1. The van der Waals surface area contributed by atoms with Gasteiger partial charge in [-0.15, -0.1) is 0 Å². The maximum atomic E-state index is 13.7. The number of aliphatic hydroxyl groups is 1. The Balaban J connectivity index is 1.61. The van der Waals surface area contributed by atoms with Crippen molar-refractivity contribution in [2.24, 2.45) is 0 Å². The Kier molecular flexibility index (Phi) is 4.92. The minimum Gasteiger partial charge on any atom is -0.454 e. The molecule has 1 N–H and O–H groups in total. The zero-order valence-electron chi connectivity index (χ0n) is 16.5. The van der Waals surface area contributed by atoms with E-state index in [0.717, 1.165) is 30.3 Å². The van der Waals surface area contributed by atoms with Crippen LogP contribution in [0.3, 0.4) is 0 Å². The van der Waals surface area contributed by atoms with Crippen LogP contribution in [0.1, 0.15) is 24.0 Å². The lowest BCUT2D eigenvalue weighted by Gasteiger charge is -2.30. The van der Waals surface area contributed by atoms with Gasteiger partial charge in [0.05, 0.1) is 18.2 Å². The van der Waals surface area contributed by atoms with Gasteiger partial charge >= 0.3 is 0 Å². The molecule has 30 heavy (non-hydrogen) atoms. The van der Waals surface area contributed by atoms with Crippen LogP contribution in [0.25, 0.3) is 10.9 Å². The number of β-amino-alcohol motifs (C(OH)–C–C–N with tert-alkyl or cyclic N) is 1. The van der Waals surface area contributed by atoms with Gasteiger partial charge in [0.15, 0.2) is 11.5 Å². The first kappa shape index (κ1) is 19.1. The van der Waals surface area contributed by atoms with Crippen LogP contribution >= 0.6 is 0 Å². The highest BCUT2D eigenvalue weighted by Crippen LogP contribution is 2.36. The number of halogens is 1. The van der Waals surface area contributed by atoms with Crippen LogP contribution in [0, 0.1) is 5.82 Å². The summed E-state index contributed by atoms with van der Waals surface area (Å²) >= 11 is 0. The lowest BCUT2D eigenvalue weighted by atomic mass is 10.1. The fourth-order valence-corrected chi connectivity index (χ4v) is 4.33. The second-order valence-corrected chi connectivity index (χ2v) is 7.99. The quantitative estimate of drug-likeness (QED) is 0.717. The first-order valence-electron chi connectivity index (χ1n) is 10.2.